The van der Waals surface area contributed by atoms with Crippen LogP contribution in [0, 0.1) is 13.8 Å². The van der Waals surface area contributed by atoms with Crippen LogP contribution < -0.4 is 10.2 Å². The largest absolute Gasteiger partial charge is 0.390 e. The molecule has 0 aliphatic rings. The van der Waals surface area contributed by atoms with Gasteiger partial charge in [0.2, 0.25) is 0 Å². The topological polar surface area (TPSA) is 28.2 Å². The summed E-state index contributed by atoms with van der Waals surface area (Å²) in [5.74, 6) is 0.630. The summed E-state index contributed by atoms with van der Waals surface area (Å²) in [4.78, 5) is 6.02. The lowest BCUT2D eigenvalue weighted by Crippen LogP contribution is -2.29. The van der Waals surface area contributed by atoms with Crippen LogP contribution in [0.5, 0.6) is 0 Å². The Hall–Kier alpha value is -1.30. The molecule has 6 heteroatoms. The lowest BCUT2D eigenvalue weighted by molar-refractivity contribution is -0.132. The molecule has 0 bridgehead atoms. The minimum absolute atomic E-state index is 0.0892. The molecule has 0 aliphatic carbocycles. The molecule has 1 heterocycles. The van der Waals surface area contributed by atoms with Gasteiger partial charge in [0.25, 0.3) is 0 Å². The number of alkyl halides is 3. The van der Waals surface area contributed by atoms with Crippen LogP contribution in [-0.4, -0.2) is 30.8 Å². The molecule has 21 heavy (non-hydrogen) atoms. The molecule has 1 aromatic heterocycles. The van der Waals surface area contributed by atoms with Crippen molar-refractivity contribution in [2.75, 3.05) is 18.5 Å². The first kappa shape index (κ1) is 17.8. The van der Waals surface area contributed by atoms with Gasteiger partial charge in [-0.15, -0.1) is 0 Å². The molecule has 0 unspecified atom stereocenters. The van der Waals surface area contributed by atoms with Crippen molar-refractivity contribution in [1.29, 1.82) is 0 Å². The molecule has 0 saturated carbocycles. The Morgan fingerprint density at radius 1 is 1.29 bits per heavy atom. The molecule has 0 spiro atoms. The molecular weight excluding hydrogens is 279 g/mol. The maximum atomic E-state index is 12.4. The molecule has 1 aromatic rings. The maximum absolute atomic E-state index is 12.4. The van der Waals surface area contributed by atoms with Gasteiger partial charge in [0, 0.05) is 37.4 Å². The van der Waals surface area contributed by atoms with E-state index in [1.54, 1.807) is 11.9 Å². The van der Waals surface area contributed by atoms with Crippen molar-refractivity contribution in [1.82, 2.24) is 10.3 Å². The summed E-state index contributed by atoms with van der Waals surface area (Å²) in [7, 11) is 1.66. The van der Waals surface area contributed by atoms with E-state index in [1.807, 2.05) is 33.8 Å². The van der Waals surface area contributed by atoms with Crippen LogP contribution in [0.25, 0.3) is 0 Å². The number of aryl methyl sites for hydroxylation is 2. The third kappa shape index (κ3) is 5.91. The van der Waals surface area contributed by atoms with Gasteiger partial charge in [0.05, 0.1) is 6.42 Å². The molecule has 0 saturated heterocycles. The maximum Gasteiger partial charge on any atom is 0.390 e. The third-order valence-electron chi connectivity index (χ3n) is 3.23. The summed E-state index contributed by atoms with van der Waals surface area (Å²) in [6.07, 6.45) is -4.99. The van der Waals surface area contributed by atoms with Crippen LogP contribution in [0.1, 0.15) is 37.1 Å². The number of pyridine rings is 1. The molecule has 0 atom stereocenters. The highest BCUT2D eigenvalue weighted by Gasteiger charge is 2.28. The number of nitrogens with one attached hydrogen (secondary N) is 1. The predicted octanol–water partition coefficient (Wildman–Crippen LogP) is 3.59. The monoisotopic (exact) mass is 303 g/mol. The van der Waals surface area contributed by atoms with E-state index >= 15 is 0 Å². The van der Waals surface area contributed by atoms with Gasteiger partial charge in [-0.1, -0.05) is 13.8 Å². The van der Waals surface area contributed by atoms with Crippen LogP contribution in [-0.2, 0) is 6.54 Å². The first-order chi connectivity index (χ1) is 9.60. The van der Waals surface area contributed by atoms with Gasteiger partial charge in [0.15, 0.2) is 0 Å². The van der Waals surface area contributed by atoms with E-state index in [1.165, 1.54) is 0 Å². The predicted molar refractivity (Wildman–Crippen MR) is 79.6 cm³/mol. The molecule has 0 radical (unpaired) electrons. The first-order valence-corrected chi connectivity index (χ1v) is 7.08. The molecule has 0 aromatic carbocycles. The van der Waals surface area contributed by atoms with Crippen molar-refractivity contribution in [2.24, 2.45) is 0 Å². The number of nitrogens with zero attached hydrogens (tertiary/aromatic N) is 2. The van der Waals surface area contributed by atoms with Crippen molar-refractivity contribution in [3.63, 3.8) is 0 Å². The second kappa shape index (κ2) is 7.11. The zero-order valence-corrected chi connectivity index (χ0v) is 13.3. The fraction of sp³-hybridized carbons (Fsp3) is 0.667. The highest BCUT2D eigenvalue weighted by Crippen LogP contribution is 2.25. The van der Waals surface area contributed by atoms with Gasteiger partial charge in [-0.05, 0) is 25.5 Å². The first-order valence-electron chi connectivity index (χ1n) is 7.08. The highest BCUT2D eigenvalue weighted by molar-refractivity contribution is 5.51. The fourth-order valence-electron chi connectivity index (χ4n) is 2.08. The summed E-state index contributed by atoms with van der Waals surface area (Å²) in [6, 6.07) is 2.26. The number of hydrogen-bond donors (Lipinski definition) is 1. The Labute approximate surface area is 124 Å². The van der Waals surface area contributed by atoms with E-state index in [9.17, 15) is 13.2 Å². The summed E-state index contributed by atoms with van der Waals surface area (Å²) in [5.41, 5.74) is 2.82. The summed E-state index contributed by atoms with van der Waals surface area (Å²) in [5, 5.41) is 3.30. The van der Waals surface area contributed by atoms with Crippen LogP contribution in [0.15, 0.2) is 6.07 Å². The Balaban J connectivity index is 2.97. The van der Waals surface area contributed by atoms with E-state index in [2.05, 4.69) is 10.3 Å². The van der Waals surface area contributed by atoms with Gasteiger partial charge in [-0.3, -0.25) is 0 Å². The van der Waals surface area contributed by atoms with Crippen LogP contribution >= 0.6 is 0 Å². The molecule has 1 N–H and O–H groups in total. The van der Waals surface area contributed by atoms with Crippen molar-refractivity contribution >= 4 is 5.82 Å². The van der Waals surface area contributed by atoms with E-state index in [4.69, 9.17) is 0 Å². The smallest absolute Gasteiger partial charge is 0.359 e. The normalized spacial score (nSPS) is 12.0. The molecule has 0 fully saturated rings. The van der Waals surface area contributed by atoms with E-state index in [0.717, 1.165) is 16.8 Å². The van der Waals surface area contributed by atoms with Gasteiger partial charge in [-0.2, -0.15) is 13.2 Å². The van der Waals surface area contributed by atoms with E-state index in [-0.39, 0.29) is 6.54 Å². The van der Waals surface area contributed by atoms with Crippen LogP contribution in [0.4, 0.5) is 19.0 Å². The van der Waals surface area contributed by atoms with Crippen molar-refractivity contribution < 1.29 is 13.2 Å². The minimum Gasteiger partial charge on any atom is -0.359 e. The lowest BCUT2D eigenvalue weighted by atomic mass is 10.1. The molecular formula is C15H24F3N3. The number of hydrogen-bond acceptors (Lipinski definition) is 3. The molecule has 0 amide bonds. The highest BCUT2D eigenvalue weighted by atomic mass is 19.4. The number of aromatic nitrogens is 1. The number of anilines is 1. The number of rotatable bonds is 6. The summed E-state index contributed by atoms with van der Waals surface area (Å²) in [6.45, 7) is 8.39. The third-order valence-corrected chi connectivity index (χ3v) is 3.23. The average molecular weight is 303 g/mol. The van der Waals surface area contributed by atoms with Crippen molar-refractivity contribution in [2.45, 2.75) is 52.9 Å². The Kier molecular flexibility index (Phi) is 6.01. The Bertz CT molecular complexity index is 470. The van der Waals surface area contributed by atoms with E-state index in [0.29, 0.717) is 18.4 Å². The molecule has 3 nitrogen and oxygen atoms in total. The average Bonchev–Trinajstić information content (AvgIpc) is 2.32. The van der Waals surface area contributed by atoms with Gasteiger partial charge >= 0.3 is 6.18 Å². The summed E-state index contributed by atoms with van der Waals surface area (Å²) >= 11 is 0. The van der Waals surface area contributed by atoms with Crippen molar-refractivity contribution in [3.8, 4) is 0 Å². The zero-order chi connectivity index (χ0) is 16.2. The molecule has 120 valence electrons. The quantitative estimate of drug-likeness (QED) is 0.870. The zero-order valence-electron chi connectivity index (χ0n) is 13.3. The minimum atomic E-state index is -4.15. The molecule has 1 rings (SSSR count). The van der Waals surface area contributed by atoms with Crippen LogP contribution in [0.3, 0.4) is 0 Å². The fourth-order valence-corrected chi connectivity index (χ4v) is 2.08. The Morgan fingerprint density at radius 3 is 2.43 bits per heavy atom. The van der Waals surface area contributed by atoms with Gasteiger partial charge in [-0.25, -0.2) is 4.98 Å². The van der Waals surface area contributed by atoms with Gasteiger partial charge < -0.3 is 10.2 Å². The van der Waals surface area contributed by atoms with E-state index < -0.39 is 12.6 Å². The van der Waals surface area contributed by atoms with Crippen LogP contribution in [0.2, 0.25) is 0 Å². The van der Waals surface area contributed by atoms with Gasteiger partial charge in [0.1, 0.15) is 5.82 Å². The SMILES string of the molecule is Cc1cc(C)c(CNC(C)C)c(N(C)CCC(F)(F)F)n1. The summed E-state index contributed by atoms with van der Waals surface area (Å²) < 4.78 is 37.2. The lowest BCUT2D eigenvalue weighted by Gasteiger charge is -2.24. The second-order valence-corrected chi connectivity index (χ2v) is 5.71. The van der Waals surface area contributed by atoms with Crippen molar-refractivity contribution in [3.05, 3.63) is 22.9 Å². The second-order valence-electron chi connectivity index (χ2n) is 5.71. The number of halogens is 3. The Morgan fingerprint density at radius 2 is 1.90 bits per heavy atom. The molecule has 0 aliphatic heterocycles. The standard InChI is InChI=1S/C15H24F3N3/c1-10(2)19-9-13-11(3)8-12(4)20-14(13)21(5)7-6-15(16,17)18/h8,10,19H,6-7,9H2,1-5H3.